The molecule has 0 fully saturated rings. The number of nitrogens with one attached hydrogen (secondary N) is 3. The number of benzene rings is 1. The van der Waals surface area contributed by atoms with Gasteiger partial charge in [0.1, 0.15) is 17.2 Å². The summed E-state index contributed by atoms with van der Waals surface area (Å²) in [5.74, 6) is -0.640. The second-order valence-corrected chi connectivity index (χ2v) is 10.7. The Labute approximate surface area is 211 Å². The van der Waals surface area contributed by atoms with Crippen molar-refractivity contribution >= 4 is 44.9 Å². The van der Waals surface area contributed by atoms with Gasteiger partial charge < -0.3 is 16.0 Å². The molecule has 0 atom stereocenters. The van der Waals surface area contributed by atoms with Gasteiger partial charge >= 0.3 is 6.18 Å². The second-order valence-electron chi connectivity index (χ2n) is 8.64. The van der Waals surface area contributed by atoms with E-state index in [-0.39, 0.29) is 30.6 Å². The van der Waals surface area contributed by atoms with Crippen molar-refractivity contribution in [1.29, 1.82) is 0 Å². The van der Waals surface area contributed by atoms with Gasteiger partial charge in [-0.25, -0.2) is 18.4 Å². The van der Waals surface area contributed by atoms with Crippen LogP contribution >= 0.6 is 0 Å². The zero-order chi connectivity index (χ0) is 27.1. The van der Waals surface area contributed by atoms with E-state index in [1.807, 2.05) is 0 Å². The van der Waals surface area contributed by atoms with Gasteiger partial charge in [0.2, 0.25) is 21.9 Å². The lowest BCUT2D eigenvalue weighted by Crippen LogP contribution is -2.28. The fourth-order valence-electron chi connectivity index (χ4n) is 3.86. The average Bonchev–Trinajstić information content (AvgIpc) is 3.15. The van der Waals surface area contributed by atoms with E-state index in [9.17, 15) is 26.4 Å². The molecule has 3 heterocycles. The van der Waals surface area contributed by atoms with Gasteiger partial charge in [-0.2, -0.15) is 18.2 Å². The molecular formula is C23H24F3N7O3S. The number of amides is 1. The summed E-state index contributed by atoms with van der Waals surface area (Å²) in [6, 6.07) is 6.75. The van der Waals surface area contributed by atoms with Crippen LogP contribution < -0.4 is 20.3 Å². The maximum Gasteiger partial charge on any atom is 0.421 e. The van der Waals surface area contributed by atoms with Gasteiger partial charge in [0.15, 0.2) is 0 Å². The Morgan fingerprint density at radius 2 is 1.89 bits per heavy atom. The summed E-state index contributed by atoms with van der Waals surface area (Å²) in [5.41, 5.74) is 2.40. The Kier molecular flexibility index (Phi) is 6.71. The first kappa shape index (κ1) is 26.1. The van der Waals surface area contributed by atoms with Gasteiger partial charge in [-0.15, -0.1) is 0 Å². The zero-order valence-corrected chi connectivity index (χ0v) is 21.2. The number of fused-ring (bicyclic) bond motifs is 1. The van der Waals surface area contributed by atoms with Crippen molar-refractivity contribution in [3.63, 3.8) is 0 Å². The topological polar surface area (TPSA) is 129 Å². The predicted molar refractivity (Wildman–Crippen MR) is 133 cm³/mol. The Morgan fingerprint density at radius 1 is 1.16 bits per heavy atom. The Hall–Kier alpha value is -3.94. The van der Waals surface area contributed by atoms with E-state index in [1.165, 1.54) is 7.05 Å². The highest BCUT2D eigenvalue weighted by atomic mass is 32.2. The van der Waals surface area contributed by atoms with Crippen molar-refractivity contribution in [2.45, 2.75) is 33.0 Å². The van der Waals surface area contributed by atoms with Crippen molar-refractivity contribution in [3.05, 3.63) is 58.4 Å². The molecule has 0 bridgehead atoms. The van der Waals surface area contributed by atoms with Crippen LogP contribution in [-0.4, -0.2) is 42.6 Å². The molecule has 4 rings (SSSR count). The molecule has 0 saturated carbocycles. The Bertz CT molecular complexity index is 1490. The smallest absolute Gasteiger partial charge is 0.365 e. The molecule has 0 spiro atoms. The molecule has 0 unspecified atom stereocenters. The number of rotatable bonds is 7. The zero-order valence-electron chi connectivity index (χ0n) is 20.4. The van der Waals surface area contributed by atoms with Crippen LogP contribution in [0.1, 0.15) is 27.9 Å². The van der Waals surface area contributed by atoms with E-state index in [0.29, 0.717) is 34.4 Å². The minimum Gasteiger partial charge on any atom is -0.365 e. The van der Waals surface area contributed by atoms with Crippen LogP contribution in [0, 0.1) is 13.8 Å². The van der Waals surface area contributed by atoms with Crippen LogP contribution in [0.5, 0.6) is 0 Å². The van der Waals surface area contributed by atoms with Gasteiger partial charge in [-0.05, 0) is 43.2 Å². The van der Waals surface area contributed by atoms with Gasteiger partial charge in [0.05, 0.1) is 12.7 Å². The predicted octanol–water partition coefficient (Wildman–Crippen LogP) is 3.75. The summed E-state index contributed by atoms with van der Waals surface area (Å²) in [5, 5.41) is 8.24. The minimum absolute atomic E-state index is 0.105. The number of halogens is 3. The van der Waals surface area contributed by atoms with Crippen LogP contribution in [0.4, 0.5) is 42.1 Å². The number of pyridine rings is 1. The number of hydrogen-bond acceptors (Lipinski definition) is 8. The first-order chi connectivity index (χ1) is 17.2. The van der Waals surface area contributed by atoms with Crippen molar-refractivity contribution in [2.24, 2.45) is 0 Å². The highest BCUT2D eigenvalue weighted by Crippen LogP contribution is 2.35. The SMILES string of the molecule is Cc1cc(C)c(CNc2nc(Nc3ccc4c(c3)NC(=O)C4)ncc2C(F)(F)F)c(N(C)S(C)(=O)=O)n1. The molecule has 14 heteroatoms. The summed E-state index contributed by atoms with van der Waals surface area (Å²) in [7, 11) is -2.35. The van der Waals surface area contributed by atoms with Crippen LogP contribution in [0.25, 0.3) is 0 Å². The number of anilines is 5. The number of aromatic nitrogens is 3. The molecule has 1 aromatic carbocycles. The van der Waals surface area contributed by atoms with Crippen LogP contribution in [0.3, 0.4) is 0 Å². The van der Waals surface area contributed by atoms with Gasteiger partial charge in [-0.1, -0.05) is 6.07 Å². The average molecular weight is 536 g/mol. The number of nitrogens with zero attached hydrogens (tertiary/aromatic N) is 4. The number of hydrogen-bond donors (Lipinski definition) is 3. The van der Waals surface area contributed by atoms with E-state index >= 15 is 0 Å². The molecular weight excluding hydrogens is 511 g/mol. The molecule has 1 amide bonds. The third kappa shape index (κ3) is 5.74. The van der Waals surface area contributed by atoms with Crippen LogP contribution in [-0.2, 0) is 34.0 Å². The fourth-order valence-corrected chi connectivity index (χ4v) is 4.32. The molecule has 1 aliphatic heterocycles. The molecule has 10 nitrogen and oxygen atoms in total. The Balaban J connectivity index is 1.66. The third-order valence-corrected chi connectivity index (χ3v) is 6.94. The van der Waals surface area contributed by atoms with Crippen LogP contribution in [0.2, 0.25) is 0 Å². The quantitative estimate of drug-likeness (QED) is 0.417. The molecule has 37 heavy (non-hydrogen) atoms. The summed E-state index contributed by atoms with van der Waals surface area (Å²) in [6.07, 6.45) is -2.81. The van der Waals surface area contributed by atoms with E-state index in [4.69, 9.17) is 0 Å². The lowest BCUT2D eigenvalue weighted by molar-refractivity contribution is -0.137. The van der Waals surface area contributed by atoms with Crippen molar-refractivity contribution in [3.8, 4) is 0 Å². The van der Waals surface area contributed by atoms with Gasteiger partial charge in [0.25, 0.3) is 0 Å². The van der Waals surface area contributed by atoms with E-state index in [2.05, 4.69) is 30.9 Å². The number of aryl methyl sites for hydroxylation is 2. The lowest BCUT2D eigenvalue weighted by Gasteiger charge is -2.22. The molecule has 0 saturated heterocycles. The summed E-state index contributed by atoms with van der Waals surface area (Å²) in [4.78, 5) is 23.7. The molecule has 196 valence electrons. The molecule has 3 aromatic rings. The highest BCUT2D eigenvalue weighted by Gasteiger charge is 2.35. The third-order valence-electron chi connectivity index (χ3n) is 5.77. The normalized spacial score (nSPS) is 13.2. The monoisotopic (exact) mass is 535 g/mol. The molecule has 0 radical (unpaired) electrons. The summed E-state index contributed by atoms with van der Waals surface area (Å²) < 4.78 is 66.5. The number of carbonyl (C=O) groups is 1. The summed E-state index contributed by atoms with van der Waals surface area (Å²) >= 11 is 0. The highest BCUT2D eigenvalue weighted by molar-refractivity contribution is 7.92. The van der Waals surface area contributed by atoms with Crippen molar-refractivity contribution in [1.82, 2.24) is 15.0 Å². The second kappa shape index (κ2) is 9.50. The molecule has 3 N–H and O–H groups in total. The van der Waals surface area contributed by atoms with Crippen LogP contribution in [0.15, 0.2) is 30.5 Å². The minimum atomic E-state index is -4.74. The number of alkyl halides is 3. The number of carbonyl (C=O) groups excluding carboxylic acids is 1. The standard InChI is InChI=1S/C23H24F3N7O3S/c1-12-7-13(2)29-21(33(3)37(4,35)36)16(12)10-27-20-17(23(24,25)26)11-28-22(32-20)30-15-6-5-14-8-19(34)31-18(14)9-15/h5-7,9,11H,8,10H2,1-4H3,(H,31,34)(H2,27,28,30,32). The number of sulfonamides is 1. The first-order valence-electron chi connectivity index (χ1n) is 11.0. The lowest BCUT2D eigenvalue weighted by atomic mass is 10.1. The molecule has 0 aliphatic carbocycles. The maximum absolute atomic E-state index is 13.7. The Morgan fingerprint density at radius 3 is 2.57 bits per heavy atom. The van der Waals surface area contributed by atoms with Gasteiger partial charge in [0, 0.05) is 42.4 Å². The van der Waals surface area contributed by atoms with E-state index in [0.717, 1.165) is 16.1 Å². The van der Waals surface area contributed by atoms with Crippen molar-refractivity contribution < 1.29 is 26.4 Å². The molecule has 1 aliphatic rings. The fraction of sp³-hybridized carbons (Fsp3) is 0.304. The van der Waals surface area contributed by atoms with E-state index in [1.54, 1.807) is 38.1 Å². The largest absolute Gasteiger partial charge is 0.421 e. The first-order valence-corrected chi connectivity index (χ1v) is 12.9. The maximum atomic E-state index is 13.7. The van der Waals surface area contributed by atoms with E-state index < -0.39 is 27.6 Å². The van der Waals surface area contributed by atoms with Gasteiger partial charge in [-0.3, -0.25) is 9.10 Å². The molecule has 2 aromatic heterocycles. The summed E-state index contributed by atoms with van der Waals surface area (Å²) in [6.45, 7) is 3.23. The van der Waals surface area contributed by atoms with Crippen molar-refractivity contribution in [2.75, 3.05) is 33.6 Å².